The molecule has 3 amide bonds. The smallest absolute Gasteiger partial charge is 0.324 e. The van der Waals surface area contributed by atoms with Crippen LogP contribution < -0.4 is 30.7 Å². The van der Waals surface area contributed by atoms with Crippen LogP contribution in [0.5, 0.6) is 17.4 Å². The standard InChI is InChI=1S/C43H49N7O9Si/c1-25-10-12-28(13-11-25)50-37(22-39(49-50)60(3,4)5)48-43(57)46-32-14-15-35(31-9-7-6-8-30(31)32)59-38-16-17-44-36(47-38)20-26-18-27(21-29(19-26)58-2)42(56)45-23-33(52)40(54)41(55)34(53)24-51/h6-19,21-22,33-34,40-41,51-55H,20,23-24H2,1-5H3,(H,45,56)(H2,46,48,57)/t33-,34+,40+,41+/m0/s1. The van der Waals surface area contributed by atoms with Gasteiger partial charge < -0.3 is 45.6 Å². The summed E-state index contributed by atoms with van der Waals surface area (Å²) in [6.07, 6.45) is -5.22. The predicted molar refractivity (Wildman–Crippen MR) is 229 cm³/mol. The van der Waals surface area contributed by atoms with Crippen molar-refractivity contribution >= 4 is 47.6 Å². The molecule has 4 aromatic carbocycles. The number of fused-ring (bicyclic) bond motifs is 1. The number of nitrogens with one attached hydrogen (secondary N) is 3. The summed E-state index contributed by atoms with van der Waals surface area (Å²) in [4.78, 5) is 35.6. The van der Waals surface area contributed by atoms with Crippen molar-refractivity contribution in [2.24, 2.45) is 0 Å². The maximum atomic E-state index is 13.5. The Bertz CT molecular complexity index is 2460. The fourth-order valence-electron chi connectivity index (χ4n) is 6.27. The molecule has 0 radical (unpaired) electrons. The molecule has 6 aromatic rings. The Morgan fingerprint density at radius 2 is 1.57 bits per heavy atom. The number of benzene rings is 4. The fourth-order valence-corrected chi connectivity index (χ4v) is 7.24. The van der Waals surface area contributed by atoms with Crippen molar-refractivity contribution in [2.75, 3.05) is 30.9 Å². The number of rotatable bonds is 16. The van der Waals surface area contributed by atoms with Crippen LogP contribution in [-0.4, -0.2) is 110 Å². The van der Waals surface area contributed by atoms with Crippen LogP contribution in [0.4, 0.5) is 16.3 Å². The molecular formula is C43H49N7O9Si. The lowest BCUT2D eigenvalue weighted by Crippen LogP contribution is -2.49. The second kappa shape index (κ2) is 18.8. The predicted octanol–water partition coefficient (Wildman–Crippen LogP) is 3.87. The van der Waals surface area contributed by atoms with Crippen molar-refractivity contribution in [3.63, 3.8) is 0 Å². The van der Waals surface area contributed by atoms with Crippen LogP contribution in [0.3, 0.4) is 0 Å². The number of carbonyl (C=O) groups is 2. The minimum absolute atomic E-state index is 0.177. The van der Waals surface area contributed by atoms with Crippen molar-refractivity contribution in [2.45, 2.75) is 57.4 Å². The van der Waals surface area contributed by atoms with E-state index in [2.05, 4.69) is 45.6 Å². The topological polar surface area (TPSA) is 233 Å². The first-order valence-electron chi connectivity index (χ1n) is 19.2. The Morgan fingerprint density at radius 3 is 2.27 bits per heavy atom. The molecule has 2 heterocycles. The van der Waals surface area contributed by atoms with Gasteiger partial charge in [-0.1, -0.05) is 61.6 Å². The van der Waals surface area contributed by atoms with E-state index in [4.69, 9.17) is 19.7 Å². The minimum atomic E-state index is -1.82. The normalized spacial score (nSPS) is 13.6. The van der Waals surface area contributed by atoms with Gasteiger partial charge in [0.05, 0.1) is 31.2 Å². The van der Waals surface area contributed by atoms with Gasteiger partial charge in [-0.15, -0.1) is 0 Å². The number of urea groups is 1. The van der Waals surface area contributed by atoms with Gasteiger partial charge in [0.1, 0.15) is 49.5 Å². The number of aromatic nitrogens is 4. The van der Waals surface area contributed by atoms with Gasteiger partial charge in [0, 0.05) is 46.9 Å². The van der Waals surface area contributed by atoms with E-state index in [1.807, 2.05) is 61.5 Å². The Morgan fingerprint density at radius 1 is 0.850 bits per heavy atom. The zero-order valence-electron chi connectivity index (χ0n) is 33.8. The Balaban J connectivity index is 1.16. The number of carbonyl (C=O) groups excluding carboxylic acids is 2. The molecule has 8 N–H and O–H groups in total. The van der Waals surface area contributed by atoms with Gasteiger partial charge in [0.25, 0.3) is 5.91 Å². The lowest BCUT2D eigenvalue weighted by atomic mass is 10.0. The van der Waals surface area contributed by atoms with Crippen molar-refractivity contribution in [3.8, 4) is 23.1 Å². The quantitative estimate of drug-likeness (QED) is 0.0650. The summed E-state index contributed by atoms with van der Waals surface area (Å²) < 4.78 is 13.5. The fraction of sp³-hybridized carbons (Fsp3) is 0.279. The van der Waals surface area contributed by atoms with Crippen molar-refractivity contribution in [3.05, 3.63) is 120 Å². The van der Waals surface area contributed by atoms with E-state index in [1.54, 1.807) is 41.2 Å². The van der Waals surface area contributed by atoms with E-state index < -0.39 is 57.6 Å². The van der Waals surface area contributed by atoms with E-state index in [1.165, 1.54) is 13.2 Å². The van der Waals surface area contributed by atoms with E-state index in [0.29, 0.717) is 34.4 Å². The maximum absolute atomic E-state index is 13.5. The van der Waals surface area contributed by atoms with Crippen molar-refractivity contribution in [1.29, 1.82) is 0 Å². The van der Waals surface area contributed by atoms with Gasteiger partial charge in [-0.3, -0.25) is 10.1 Å². The molecule has 0 bridgehead atoms. The molecule has 17 heteroatoms. The number of hydrogen-bond donors (Lipinski definition) is 8. The van der Waals surface area contributed by atoms with Gasteiger partial charge in [-0.05, 0) is 61.0 Å². The molecule has 2 aromatic heterocycles. The lowest BCUT2D eigenvalue weighted by Gasteiger charge is -2.25. The number of ether oxygens (including phenoxy) is 2. The van der Waals surface area contributed by atoms with E-state index >= 15 is 0 Å². The molecule has 6 rings (SSSR count). The molecule has 314 valence electrons. The largest absolute Gasteiger partial charge is 0.497 e. The van der Waals surface area contributed by atoms with Crippen LogP contribution >= 0.6 is 0 Å². The molecule has 0 saturated carbocycles. The van der Waals surface area contributed by atoms with Crippen LogP contribution in [0.1, 0.15) is 27.3 Å². The number of aryl methyl sites for hydroxylation is 1. The Kier molecular flexibility index (Phi) is 13.6. The number of nitrogens with zero attached hydrogens (tertiary/aromatic N) is 4. The summed E-state index contributed by atoms with van der Waals surface area (Å²) >= 11 is 0. The molecule has 0 aliphatic rings. The van der Waals surface area contributed by atoms with E-state index in [-0.39, 0.29) is 17.9 Å². The number of hydrogen-bond acceptors (Lipinski definition) is 12. The molecule has 0 aliphatic heterocycles. The summed E-state index contributed by atoms with van der Waals surface area (Å²) in [6.45, 7) is 7.34. The van der Waals surface area contributed by atoms with Crippen LogP contribution in [0.25, 0.3) is 16.5 Å². The average Bonchev–Trinajstić information content (AvgIpc) is 3.67. The maximum Gasteiger partial charge on any atom is 0.324 e. The van der Waals surface area contributed by atoms with Gasteiger partial charge >= 0.3 is 6.03 Å². The van der Waals surface area contributed by atoms with E-state index in [9.17, 15) is 30.0 Å². The summed E-state index contributed by atoms with van der Waals surface area (Å²) in [5.74, 6) is 1.44. The first-order valence-corrected chi connectivity index (χ1v) is 22.7. The molecule has 0 fully saturated rings. The highest BCUT2D eigenvalue weighted by molar-refractivity contribution is 6.88. The summed E-state index contributed by atoms with van der Waals surface area (Å²) in [5, 5.41) is 64.6. The zero-order valence-corrected chi connectivity index (χ0v) is 34.8. The second-order valence-electron chi connectivity index (χ2n) is 15.3. The van der Waals surface area contributed by atoms with Crippen LogP contribution in [0, 0.1) is 6.92 Å². The number of aliphatic hydroxyl groups excluding tert-OH is 5. The summed E-state index contributed by atoms with van der Waals surface area (Å²) in [7, 11) is -0.366. The van der Waals surface area contributed by atoms with Crippen LogP contribution in [0.15, 0.2) is 97.2 Å². The monoisotopic (exact) mass is 835 g/mol. The van der Waals surface area contributed by atoms with Crippen molar-refractivity contribution < 1.29 is 44.6 Å². The minimum Gasteiger partial charge on any atom is -0.497 e. The second-order valence-corrected chi connectivity index (χ2v) is 20.3. The number of aliphatic hydroxyl groups is 5. The van der Waals surface area contributed by atoms with Gasteiger partial charge in [-0.2, -0.15) is 10.1 Å². The highest BCUT2D eigenvalue weighted by Crippen LogP contribution is 2.34. The molecule has 16 nitrogen and oxygen atoms in total. The first kappa shape index (κ1) is 43.4. The molecule has 0 spiro atoms. The van der Waals surface area contributed by atoms with Crippen LogP contribution in [0.2, 0.25) is 19.6 Å². The van der Waals surface area contributed by atoms with Gasteiger partial charge in [0.15, 0.2) is 0 Å². The number of amides is 3. The first-order chi connectivity index (χ1) is 28.6. The van der Waals surface area contributed by atoms with Crippen LogP contribution in [-0.2, 0) is 6.42 Å². The lowest BCUT2D eigenvalue weighted by molar-refractivity contribution is -0.113. The van der Waals surface area contributed by atoms with Gasteiger partial charge in [-0.25, -0.2) is 14.5 Å². The molecule has 0 unspecified atom stereocenters. The summed E-state index contributed by atoms with van der Waals surface area (Å²) in [6, 6.07) is 26.9. The molecule has 4 atom stereocenters. The molecular weight excluding hydrogens is 787 g/mol. The molecule has 0 aliphatic carbocycles. The molecule has 60 heavy (non-hydrogen) atoms. The third-order valence-corrected chi connectivity index (χ3v) is 11.4. The Labute approximate surface area is 347 Å². The highest BCUT2D eigenvalue weighted by atomic mass is 28.3. The SMILES string of the molecule is COc1cc(Cc2nccc(Oc3ccc(NC(=O)Nc4cc([Si](C)(C)C)nn4-c4ccc(C)cc4)c4ccccc34)n2)cc(C(=O)NC[C@H](O)[C@@H](O)[C@H](O)[C@H](O)CO)c1. The van der Waals surface area contributed by atoms with E-state index in [0.717, 1.165) is 27.3 Å². The zero-order chi connectivity index (χ0) is 43.1. The van der Waals surface area contributed by atoms with Gasteiger partial charge in [0.2, 0.25) is 5.88 Å². The highest BCUT2D eigenvalue weighted by Gasteiger charge is 2.30. The third kappa shape index (κ3) is 10.5. The summed E-state index contributed by atoms with van der Waals surface area (Å²) in [5.41, 5.74) is 3.32. The Hall–Kier alpha value is -6.21. The third-order valence-electron chi connectivity index (χ3n) is 9.65. The molecule has 0 saturated heterocycles. The number of anilines is 2. The number of methoxy groups -OCH3 is 1. The average molecular weight is 836 g/mol. The van der Waals surface area contributed by atoms with Crippen molar-refractivity contribution in [1.82, 2.24) is 25.1 Å².